The van der Waals surface area contributed by atoms with Crippen LogP contribution in [0.25, 0.3) is 15.9 Å². The van der Waals surface area contributed by atoms with E-state index in [4.69, 9.17) is 4.98 Å². The number of carbonyl (C=O) groups excluding carboxylic acids is 1. The second kappa shape index (κ2) is 9.27. The van der Waals surface area contributed by atoms with Gasteiger partial charge in [-0.05, 0) is 72.0 Å². The van der Waals surface area contributed by atoms with E-state index in [0.717, 1.165) is 58.2 Å². The van der Waals surface area contributed by atoms with Gasteiger partial charge in [0.25, 0.3) is 0 Å². The molecule has 0 saturated carbocycles. The van der Waals surface area contributed by atoms with E-state index in [1.165, 1.54) is 10.2 Å². The van der Waals surface area contributed by atoms with E-state index in [-0.39, 0.29) is 11.8 Å². The molecule has 10 heteroatoms. The first-order chi connectivity index (χ1) is 17.5. The number of benzene rings is 2. The highest BCUT2D eigenvalue weighted by atomic mass is 32.1. The molecular weight excluding hydrogens is 472 g/mol. The van der Waals surface area contributed by atoms with Crippen LogP contribution in [0.2, 0.25) is 0 Å². The number of carbonyl (C=O) groups is 1. The normalized spacial score (nSPS) is 14.6. The van der Waals surface area contributed by atoms with Gasteiger partial charge in [0.1, 0.15) is 0 Å². The van der Waals surface area contributed by atoms with Crippen LogP contribution in [0.1, 0.15) is 29.5 Å². The standard InChI is InChI=1S/C26H26N8OS/c1-17-14-18(2)24-21(15-17)36-26(27-24)33(16-19-6-4-3-5-7-19)25(35)20-10-12-32(13-11-20)23-9-8-22-28-30-31-34(22)29-23/h3-9,14-15,20H,10-13,16H2,1-2H3. The average molecular weight is 499 g/mol. The summed E-state index contributed by atoms with van der Waals surface area (Å²) in [5, 5.41) is 16.7. The van der Waals surface area contributed by atoms with Crippen molar-refractivity contribution in [1.82, 2.24) is 30.2 Å². The topological polar surface area (TPSA) is 92.4 Å². The Kier molecular flexibility index (Phi) is 5.80. The highest BCUT2D eigenvalue weighted by Crippen LogP contribution is 2.34. The van der Waals surface area contributed by atoms with Gasteiger partial charge in [-0.2, -0.15) is 0 Å². The number of anilines is 2. The average Bonchev–Trinajstić information content (AvgIpc) is 3.54. The highest BCUT2D eigenvalue weighted by Gasteiger charge is 2.31. The van der Waals surface area contributed by atoms with Gasteiger partial charge in [-0.3, -0.25) is 9.69 Å². The third kappa shape index (κ3) is 4.28. The van der Waals surface area contributed by atoms with Gasteiger partial charge in [-0.1, -0.05) is 47.7 Å². The molecule has 1 aliphatic rings. The van der Waals surface area contributed by atoms with Gasteiger partial charge < -0.3 is 4.90 Å². The molecule has 1 aliphatic heterocycles. The molecule has 6 rings (SSSR count). The maximum atomic E-state index is 13.9. The Morgan fingerprint density at radius 1 is 1.08 bits per heavy atom. The Morgan fingerprint density at radius 3 is 2.69 bits per heavy atom. The van der Waals surface area contributed by atoms with Crippen molar-refractivity contribution in [3.63, 3.8) is 0 Å². The third-order valence-corrected chi connectivity index (χ3v) is 7.75. The number of amides is 1. The number of piperidine rings is 1. The fourth-order valence-electron chi connectivity index (χ4n) is 4.86. The molecule has 0 bridgehead atoms. The van der Waals surface area contributed by atoms with Crippen molar-refractivity contribution in [2.24, 2.45) is 5.92 Å². The van der Waals surface area contributed by atoms with Crippen LogP contribution < -0.4 is 9.80 Å². The molecule has 0 N–H and O–H groups in total. The summed E-state index contributed by atoms with van der Waals surface area (Å²) in [6.07, 6.45) is 1.50. The summed E-state index contributed by atoms with van der Waals surface area (Å²) in [4.78, 5) is 23.0. The number of aryl methyl sites for hydroxylation is 2. The predicted molar refractivity (Wildman–Crippen MR) is 140 cm³/mol. The lowest BCUT2D eigenvalue weighted by Crippen LogP contribution is -2.43. The first kappa shape index (κ1) is 22.5. The van der Waals surface area contributed by atoms with Gasteiger partial charge in [-0.25, -0.2) is 4.98 Å². The molecule has 36 heavy (non-hydrogen) atoms. The van der Waals surface area contributed by atoms with E-state index in [9.17, 15) is 4.79 Å². The van der Waals surface area contributed by atoms with Gasteiger partial charge in [0.05, 0.1) is 16.8 Å². The fourth-order valence-corrected chi connectivity index (χ4v) is 6.01. The molecule has 9 nitrogen and oxygen atoms in total. The van der Waals surface area contributed by atoms with E-state index in [2.05, 4.69) is 63.6 Å². The zero-order valence-corrected chi connectivity index (χ0v) is 21.0. The number of hydrogen-bond donors (Lipinski definition) is 0. The molecule has 1 fully saturated rings. The van der Waals surface area contributed by atoms with Crippen LogP contribution in [0.4, 0.5) is 10.9 Å². The number of thiazole rings is 1. The highest BCUT2D eigenvalue weighted by molar-refractivity contribution is 7.22. The summed E-state index contributed by atoms with van der Waals surface area (Å²) in [6, 6.07) is 18.2. The minimum Gasteiger partial charge on any atom is -0.355 e. The van der Waals surface area contributed by atoms with E-state index < -0.39 is 0 Å². The SMILES string of the molecule is Cc1cc(C)c2nc(N(Cc3ccccc3)C(=O)C3CCN(c4ccc5nnnn5n4)CC3)sc2c1. The van der Waals surface area contributed by atoms with Crippen LogP contribution in [-0.4, -0.2) is 49.2 Å². The molecule has 5 aromatic rings. The van der Waals surface area contributed by atoms with Crippen molar-refractivity contribution in [1.29, 1.82) is 0 Å². The monoisotopic (exact) mass is 498 g/mol. The minimum atomic E-state index is -0.0726. The lowest BCUT2D eigenvalue weighted by atomic mass is 9.95. The molecule has 2 aromatic carbocycles. The quantitative estimate of drug-likeness (QED) is 0.359. The summed E-state index contributed by atoms with van der Waals surface area (Å²) < 4.78 is 2.55. The van der Waals surface area contributed by atoms with Crippen LogP contribution >= 0.6 is 11.3 Å². The summed E-state index contributed by atoms with van der Waals surface area (Å²) >= 11 is 1.60. The molecule has 0 aliphatic carbocycles. The number of hydrogen-bond acceptors (Lipinski definition) is 8. The van der Waals surface area contributed by atoms with Gasteiger partial charge >= 0.3 is 0 Å². The zero-order valence-electron chi connectivity index (χ0n) is 20.2. The number of fused-ring (bicyclic) bond motifs is 2. The summed E-state index contributed by atoms with van der Waals surface area (Å²) in [7, 11) is 0. The van der Waals surface area contributed by atoms with E-state index >= 15 is 0 Å². The van der Waals surface area contributed by atoms with Crippen molar-refractivity contribution >= 4 is 44.1 Å². The van der Waals surface area contributed by atoms with Crippen molar-refractivity contribution in [2.75, 3.05) is 22.9 Å². The molecule has 1 saturated heterocycles. The Hall–Kier alpha value is -3.92. The minimum absolute atomic E-state index is 0.0726. The lowest BCUT2D eigenvalue weighted by Gasteiger charge is -2.34. The van der Waals surface area contributed by atoms with Gasteiger partial charge in [0, 0.05) is 19.0 Å². The van der Waals surface area contributed by atoms with Crippen molar-refractivity contribution in [2.45, 2.75) is 33.2 Å². The predicted octanol–water partition coefficient (Wildman–Crippen LogP) is 4.20. The molecule has 4 heterocycles. The summed E-state index contributed by atoms with van der Waals surface area (Å²) in [5.41, 5.74) is 5.03. The van der Waals surface area contributed by atoms with Gasteiger partial charge in [0.15, 0.2) is 16.6 Å². The first-order valence-electron chi connectivity index (χ1n) is 12.1. The van der Waals surface area contributed by atoms with E-state index in [1.807, 2.05) is 35.2 Å². The maximum Gasteiger partial charge on any atom is 0.232 e. The second-order valence-electron chi connectivity index (χ2n) is 9.31. The molecule has 0 atom stereocenters. The second-order valence-corrected chi connectivity index (χ2v) is 10.3. The largest absolute Gasteiger partial charge is 0.355 e. The molecule has 0 radical (unpaired) electrons. The molecule has 3 aromatic heterocycles. The maximum absolute atomic E-state index is 13.9. The first-order valence-corrected chi connectivity index (χ1v) is 12.9. The summed E-state index contributed by atoms with van der Waals surface area (Å²) in [6.45, 7) is 6.18. The van der Waals surface area contributed by atoms with Crippen LogP contribution in [0.5, 0.6) is 0 Å². The summed E-state index contributed by atoms with van der Waals surface area (Å²) in [5.74, 6) is 0.881. The third-order valence-electron chi connectivity index (χ3n) is 6.72. The van der Waals surface area contributed by atoms with Crippen molar-refractivity contribution < 1.29 is 4.79 Å². The van der Waals surface area contributed by atoms with E-state index in [1.54, 1.807) is 11.3 Å². The van der Waals surface area contributed by atoms with Crippen molar-refractivity contribution in [3.05, 3.63) is 71.3 Å². The molecule has 1 amide bonds. The van der Waals surface area contributed by atoms with E-state index in [0.29, 0.717) is 12.2 Å². The smallest absolute Gasteiger partial charge is 0.232 e. The van der Waals surface area contributed by atoms with Crippen LogP contribution in [-0.2, 0) is 11.3 Å². The molecule has 0 unspecified atom stereocenters. The van der Waals surface area contributed by atoms with Crippen molar-refractivity contribution in [3.8, 4) is 0 Å². The Bertz CT molecular complexity index is 1540. The zero-order chi connectivity index (χ0) is 24.6. The van der Waals surface area contributed by atoms with Crippen LogP contribution in [0.15, 0.2) is 54.6 Å². The van der Waals surface area contributed by atoms with Gasteiger partial charge in [-0.15, -0.1) is 14.8 Å². The van der Waals surface area contributed by atoms with Crippen LogP contribution in [0.3, 0.4) is 0 Å². The Morgan fingerprint density at radius 2 is 1.89 bits per heavy atom. The van der Waals surface area contributed by atoms with Crippen LogP contribution in [0, 0.1) is 19.8 Å². The number of aromatic nitrogens is 6. The number of nitrogens with zero attached hydrogens (tertiary/aromatic N) is 8. The Balaban J connectivity index is 1.25. The molecule has 0 spiro atoms. The molecular formula is C26H26N8OS. The van der Waals surface area contributed by atoms with Gasteiger partial charge in [0.2, 0.25) is 5.91 Å². The number of tetrazole rings is 1. The molecule has 182 valence electrons. The fraction of sp³-hybridized carbons (Fsp3) is 0.308. The lowest BCUT2D eigenvalue weighted by molar-refractivity contribution is -0.123. The number of rotatable bonds is 5. The Labute approximate surface area is 212 Å².